The van der Waals surface area contributed by atoms with Crippen LogP contribution in [0.4, 0.5) is 5.82 Å². The van der Waals surface area contributed by atoms with E-state index < -0.39 is 10.0 Å². The van der Waals surface area contributed by atoms with Crippen LogP contribution in [0.1, 0.15) is 19.8 Å². The van der Waals surface area contributed by atoms with E-state index in [0.717, 1.165) is 0 Å². The lowest BCUT2D eigenvalue weighted by atomic mass is 10.1. The highest BCUT2D eigenvalue weighted by atomic mass is 35.5. The van der Waals surface area contributed by atoms with Gasteiger partial charge in [-0.25, -0.2) is 18.1 Å². The highest BCUT2D eigenvalue weighted by Gasteiger charge is 2.25. The summed E-state index contributed by atoms with van der Waals surface area (Å²) >= 11 is 5.79. The number of hydrogen-bond donors (Lipinski definition) is 2. The van der Waals surface area contributed by atoms with Crippen molar-refractivity contribution >= 4 is 27.4 Å². The number of nitrogens with two attached hydrogens (primary N) is 1. The van der Waals surface area contributed by atoms with Gasteiger partial charge >= 0.3 is 0 Å². The summed E-state index contributed by atoms with van der Waals surface area (Å²) in [5, 5.41) is 0.128. The Morgan fingerprint density at radius 2 is 2.32 bits per heavy atom. The molecule has 1 saturated heterocycles. The molecule has 19 heavy (non-hydrogen) atoms. The largest absolute Gasteiger partial charge is 0.382 e. The molecule has 1 aliphatic heterocycles. The van der Waals surface area contributed by atoms with E-state index in [-0.39, 0.29) is 27.9 Å². The molecule has 0 aromatic carbocycles. The second kappa shape index (κ2) is 5.62. The Kier molecular flexibility index (Phi) is 4.29. The zero-order valence-corrected chi connectivity index (χ0v) is 12.0. The van der Waals surface area contributed by atoms with Gasteiger partial charge in [-0.2, -0.15) is 0 Å². The van der Waals surface area contributed by atoms with Crippen molar-refractivity contribution in [2.45, 2.75) is 36.8 Å². The summed E-state index contributed by atoms with van der Waals surface area (Å²) in [5.74, 6) is 0.111. The van der Waals surface area contributed by atoms with E-state index in [1.54, 1.807) is 0 Å². The maximum absolute atomic E-state index is 12.2. The first kappa shape index (κ1) is 14.5. The van der Waals surface area contributed by atoms with Gasteiger partial charge in [0.1, 0.15) is 10.7 Å². The molecular weight excluding hydrogens is 290 g/mol. The zero-order chi connectivity index (χ0) is 14.0. The van der Waals surface area contributed by atoms with Gasteiger partial charge in [-0.05, 0) is 25.8 Å². The van der Waals surface area contributed by atoms with Crippen molar-refractivity contribution in [1.82, 2.24) is 9.71 Å². The van der Waals surface area contributed by atoms with Crippen molar-refractivity contribution in [3.63, 3.8) is 0 Å². The molecule has 106 valence electrons. The van der Waals surface area contributed by atoms with Crippen LogP contribution in [0.15, 0.2) is 17.2 Å². The first-order chi connectivity index (χ1) is 8.88. The lowest BCUT2D eigenvalue weighted by Gasteiger charge is -2.27. The third kappa shape index (κ3) is 3.56. The Hall–Kier alpha value is -0.890. The molecule has 0 bridgehead atoms. The smallest absolute Gasteiger partial charge is 0.242 e. The van der Waals surface area contributed by atoms with E-state index in [1.165, 1.54) is 12.3 Å². The van der Waals surface area contributed by atoms with Crippen LogP contribution in [0.25, 0.3) is 0 Å². The van der Waals surface area contributed by atoms with E-state index in [1.807, 2.05) is 6.92 Å². The van der Waals surface area contributed by atoms with Crippen molar-refractivity contribution < 1.29 is 13.2 Å². The quantitative estimate of drug-likeness (QED) is 0.874. The lowest BCUT2D eigenvalue weighted by Crippen LogP contribution is -2.41. The number of sulfonamides is 1. The molecule has 2 unspecified atom stereocenters. The number of nitrogens with one attached hydrogen (secondary N) is 1. The van der Waals surface area contributed by atoms with E-state index in [0.29, 0.717) is 19.4 Å². The molecule has 8 heteroatoms. The van der Waals surface area contributed by atoms with Gasteiger partial charge in [0.25, 0.3) is 0 Å². The van der Waals surface area contributed by atoms with Gasteiger partial charge in [-0.1, -0.05) is 11.6 Å². The molecule has 2 heterocycles. The average molecular weight is 306 g/mol. The summed E-state index contributed by atoms with van der Waals surface area (Å²) in [4.78, 5) is 3.77. The number of hydrogen-bond acceptors (Lipinski definition) is 5. The Labute approximate surface area is 117 Å². The molecule has 1 aromatic heterocycles. The number of nitrogens with zero attached hydrogens (tertiary/aromatic N) is 1. The predicted molar refractivity (Wildman–Crippen MR) is 72.4 cm³/mol. The van der Waals surface area contributed by atoms with Crippen LogP contribution < -0.4 is 10.5 Å². The first-order valence-corrected chi connectivity index (χ1v) is 7.79. The predicted octanol–water partition coefficient (Wildman–Crippen LogP) is 1.16. The van der Waals surface area contributed by atoms with Crippen molar-refractivity contribution in [2.75, 3.05) is 12.3 Å². The van der Waals surface area contributed by atoms with E-state index in [2.05, 4.69) is 9.71 Å². The Balaban J connectivity index is 2.15. The maximum Gasteiger partial charge on any atom is 0.242 e. The zero-order valence-electron chi connectivity index (χ0n) is 10.5. The van der Waals surface area contributed by atoms with E-state index in [9.17, 15) is 8.42 Å². The number of anilines is 1. The van der Waals surface area contributed by atoms with Gasteiger partial charge in [0.2, 0.25) is 10.0 Å². The molecule has 1 aromatic rings. The molecule has 1 fully saturated rings. The van der Waals surface area contributed by atoms with Crippen molar-refractivity contribution in [2.24, 2.45) is 0 Å². The molecule has 6 nitrogen and oxygen atoms in total. The van der Waals surface area contributed by atoms with Crippen LogP contribution in [0, 0.1) is 0 Å². The maximum atomic E-state index is 12.2. The molecule has 2 rings (SSSR count). The van der Waals surface area contributed by atoms with Gasteiger partial charge in [-0.3, -0.25) is 0 Å². The van der Waals surface area contributed by atoms with Gasteiger partial charge in [0.15, 0.2) is 0 Å². The Morgan fingerprint density at radius 1 is 1.58 bits per heavy atom. The molecule has 1 aliphatic rings. The summed E-state index contributed by atoms with van der Waals surface area (Å²) in [6.45, 7) is 2.47. The average Bonchev–Trinajstić information content (AvgIpc) is 2.32. The van der Waals surface area contributed by atoms with E-state index >= 15 is 0 Å². The van der Waals surface area contributed by atoms with Crippen LogP contribution in [0.5, 0.6) is 0 Å². The molecule has 0 aliphatic carbocycles. The number of nitrogen functional groups attached to an aromatic ring is 1. The molecule has 3 N–H and O–H groups in total. The van der Waals surface area contributed by atoms with Gasteiger partial charge in [0.05, 0.1) is 11.1 Å². The third-order valence-electron chi connectivity index (χ3n) is 2.96. The third-order valence-corrected chi connectivity index (χ3v) is 4.75. The van der Waals surface area contributed by atoms with Crippen molar-refractivity contribution in [3.05, 3.63) is 17.3 Å². The molecule has 0 spiro atoms. The summed E-state index contributed by atoms with van der Waals surface area (Å²) in [6, 6.07) is 1.17. The first-order valence-electron chi connectivity index (χ1n) is 5.93. The fourth-order valence-corrected chi connectivity index (χ4v) is 3.45. The molecule has 0 amide bonds. The number of rotatable bonds is 3. The van der Waals surface area contributed by atoms with Crippen LogP contribution >= 0.6 is 11.6 Å². The lowest BCUT2D eigenvalue weighted by molar-refractivity contribution is 0.0173. The minimum Gasteiger partial charge on any atom is -0.382 e. The topological polar surface area (TPSA) is 94.3 Å². The normalized spacial score (nSPS) is 24.3. The Bertz CT molecular complexity index is 564. The van der Waals surface area contributed by atoms with Crippen molar-refractivity contribution in [3.8, 4) is 0 Å². The van der Waals surface area contributed by atoms with Crippen LogP contribution in [0.3, 0.4) is 0 Å². The van der Waals surface area contributed by atoms with Crippen LogP contribution in [-0.4, -0.2) is 32.2 Å². The SMILES string of the molecule is CC1CC(NS(=O)(=O)c2cnc(N)c(Cl)c2)CCO1. The molecule has 0 saturated carbocycles. The van der Waals surface area contributed by atoms with Crippen LogP contribution in [-0.2, 0) is 14.8 Å². The number of aromatic nitrogens is 1. The minimum atomic E-state index is -3.63. The fraction of sp³-hybridized carbons (Fsp3) is 0.545. The standard InChI is InChI=1S/C11H16ClN3O3S/c1-7-4-8(2-3-18-7)15-19(16,17)9-5-10(12)11(13)14-6-9/h5-8,15H,2-4H2,1H3,(H2,13,14). The summed E-state index contributed by atoms with van der Waals surface area (Å²) in [5.41, 5.74) is 5.46. The van der Waals surface area contributed by atoms with Gasteiger partial charge < -0.3 is 10.5 Å². The summed E-state index contributed by atoms with van der Waals surface area (Å²) in [6.07, 6.45) is 2.55. The second-order valence-corrected chi connectivity index (χ2v) is 6.68. The van der Waals surface area contributed by atoms with Crippen LogP contribution in [0.2, 0.25) is 5.02 Å². The fourth-order valence-electron chi connectivity index (χ4n) is 1.97. The van der Waals surface area contributed by atoms with Gasteiger partial charge in [0, 0.05) is 18.8 Å². The monoisotopic (exact) mass is 305 g/mol. The molecular formula is C11H16ClN3O3S. The Morgan fingerprint density at radius 3 is 2.95 bits per heavy atom. The van der Waals surface area contributed by atoms with Crippen molar-refractivity contribution in [1.29, 1.82) is 0 Å². The minimum absolute atomic E-state index is 0.0193. The van der Waals surface area contributed by atoms with E-state index in [4.69, 9.17) is 22.1 Å². The second-order valence-electron chi connectivity index (χ2n) is 4.56. The highest BCUT2D eigenvalue weighted by molar-refractivity contribution is 7.89. The molecule has 0 radical (unpaired) electrons. The summed E-state index contributed by atoms with van der Waals surface area (Å²) < 4.78 is 32.4. The molecule has 2 atom stereocenters. The van der Waals surface area contributed by atoms with Gasteiger partial charge in [-0.15, -0.1) is 0 Å². The number of pyridine rings is 1. The highest BCUT2D eigenvalue weighted by Crippen LogP contribution is 2.21. The number of ether oxygens (including phenoxy) is 1. The summed E-state index contributed by atoms with van der Waals surface area (Å²) in [7, 11) is -3.63. The number of halogens is 1.